The van der Waals surface area contributed by atoms with E-state index >= 15 is 0 Å². The summed E-state index contributed by atoms with van der Waals surface area (Å²) < 4.78 is 1.87. The molecule has 11 heteroatoms. The van der Waals surface area contributed by atoms with Gasteiger partial charge in [0.05, 0.1) is 5.52 Å². The number of halogens is 1. The van der Waals surface area contributed by atoms with Gasteiger partial charge in [-0.05, 0) is 24.8 Å². The van der Waals surface area contributed by atoms with E-state index in [2.05, 4.69) is 15.1 Å². The Bertz CT molecular complexity index is 768. The van der Waals surface area contributed by atoms with Crippen LogP contribution < -0.4 is 29.6 Å². The van der Waals surface area contributed by atoms with Crippen LogP contribution in [0.2, 0.25) is 5.15 Å². The van der Waals surface area contributed by atoms with Crippen molar-refractivity contribution in [2.75, 3.05) is 0 Å². The molecule has 0 unspecified atom stereocenters. The van der Waals surface area contributed by atoms with Gasteiger partial charge in [0.15, 0.2) is 11.0 Å². The normalized spacial score (nSPS) is 13.5. The number of imidazole rings is 1. The maximum atomic E-state index is 9.01. The van der Waals surface area contributed by atoms with E-state index in [9.17, 15) is 0 Å². The quantitative estimate of drug-likeness (QED) is 0.198. The summed E-state index contributed by atoms with van der Waals surface area (Å²) in [7, 11) is 0. The second kappa shape index (κ2) is 8.79. The van der Waals surface area contributed by atoms with Gasteiger partial charge in [0, 0.05) is 12.7 Å². The zero-order valence-electron chi connectivity index (χ0n) is 12.2. The molecule has 23 heavy (non-hydrogen) atoms. The molecule has 0 aliphatic heterocycles. The summed E-state index contributed by atoms with van der Waals surface area (Å²) in [5.74, 6) is 0.920. The fourth-order valence-electron chi connectivity index (χ4n) is 2.06. The van der Waals surface area contributed by atoms with Crippen molar-refractivity contribution in [2.24, 2.45) is 16.4 Å². The van der Waals surface area contributed by atoms with Crippen LogP contribution in [0.4, 0.5) is 0 Å². The standard InChI is InChI=1S/C12H10ClN5O.HNO2.Na/c13-11-10-9(3-4-15-11)18(6-7-1-2-7)12(16-10)8(5-14)17-19;2-1-3;/h3-4,7,19H,1-2,6H2;(H,2,3);/q;;+1/p-1. The van der Waals surface area contributed by atoms with Crippen LogP contribution in [0.1, 0.15) is 18.7 Å². The van der Waals surface area contributed by atoms with E-state index in [1.807, 2.05) is 10.6 Å². The van der Waals surface area contributed by atoms with E-state index in [1.165, 1.54) is 0 Å². The summed E-state index contributed by atoms with van der Waals surface area (Å²) in [5.41, 5.74) is 1.21. The van der Waals surface area contributed by atoms with Gasteiger partial charge in [0.2, 0.25) is 5.71 Å². The summed E-state index contributed by atoms with van der Waals surface area (Å²) in [6, 6.07) is 3.63. The molecule has 0 amide bonds. The monoisotopic (exact) mass is 344 g/mol. The van der Waals surface area contributed by atoms with Crippen molar-refractivity contribution < 1.29 is 34.8 Å². The van der Waals surface area contributed by atoms with E-state index in [4.69, 9.17) is 32.2 Å². The molecular formula is C12H10ClN6NaO3. The second-order valence-corrected chi connectivity index (χ2v) is 4.95. The molecule has 114 valence electrons. The van der Waals surface area contributed by atoms with Crippen LogP contribution in [-0.4, -0.2) is 25.5 Å². The van der Waals surface area contributed by atoms with Crippen LogP contribution in [0.25, 0.3) is 11.0 Å². The number of oxime groups is 1. The molecule has 1 saturated carbocycles. The number of fused-ring (bicyclic) bond motifs is 1. The molecular weight excluding hydrogens is 335 g/mol. The molecule has 0 aromatic carbocycles. The van der Waals surface area contributed by atoms with Gasteiger partial charge in [-0.25, -0.2) is 9.97 Å². The number of hydrogen-bond acceptors (Lipinski definition) is 8. The van der Waals surface area contributed by atoms with E-state index in [0.717, 1.165) is 30.2 Å². The Morgan fingerprint density at radius 1 is 1.61 bits per heavy atom. The van der Waals surface area contributed by atoms with Crippen molar-refractivity contribution in [1.29, 1.82) is 5.26 Å². The molecule has 0 radical (unpaired) electrons. The minimum atomic E-state index is -0.118. The Labute approximate surface area is 157 Å². The average Bonchev–Trinajstić information content (AvgIpc) is 3.25. The molecule has 9 nitrogen and oxygen atoms in total. The largest absolute Gasteiger partial charge is 1.00 e. The summed E-state index contributed by atoms with van der Waals surface area (Å²) in [6.07, 6.45) is 3.92. The predicted molar refractivity (Wildman–Crippen MR) is 78.4 cm³/mol. The van der Waals surface area contributed by atoms with Crippen LogP contribution in [-0.2, 0) is 6.54 Å². The molecule has 1 fully saturated rings. The van der Waals surface area contributed by atoms with Crippen molar-refractivity contribution in [1.82, 2.24) is 14.5 Å². The Morgan fingerprint density at radius 2 is 2.26 bits per heavy atom. The molecule has 3 rings (SSSR count). The zero-order valence-corrected chi connectivity index (χ0v) is 14.9. The number of rotatable bonds is 3. The molecule has 1 N–H and O–H groups in total. The zero-order chi connectivity index (χ0) is 16.1. The van der Waals surface area contributed by atoms with E-state index < -0.39 is 0 Å². The van der Waals surface area contributed by atoms with Gasteiger partial charge in [-0.2, -0.15) is 5.26 Å². The van der Waals surface area contributed by atoms with Gasteiger partial charge in [-0.15, -0.1) is 5.34 Å². The maximum Gasteiger partial charge on any atom is 1.00 e. The van der Waals surface area contributed by atoms with Crippen molar-refractivity contribution in [3.63, 3.8) is 0 Å². The van der Waals surface area contributed by atoms with Crippen molar-refractivity contribution in [3.8, 4) is 6.07 Å². The van der Waals surface area contributed by atoms with Gasteiger partial charge >= 0.3 is 29.6 Å². The van der Waals surface area contributed by atoms with Crippen molar-refractivity contribution in [3.05, 3.63) is 33.4 Å². The van der Waals surface area contributed by atoms with Crippen molar-refractivity contribution in [2.45, 2.75) is 19.4 Å². The number of aromatic nitrogens is 3. The Hall–Kier alpha value is -1.73. The van der Waals surface area contributed by atoms with E-state index in [-0.39, 0.29) is 40.4 Å². The summed E-state index contributed by atoms with van der Waals surface area (Å²) in [4.78, 5) is 16.3. The van der Waals surface area contributed by atoms with E-state index in [1.54, 1.807) is 12.3 Å². The number of nitriles is 1. The molecule has 2 heterocycles. The minimum Gasteiger partial charge on any atom is -0.444 e. The van der Waals surface area contributed by atoms with E-state index in [0.29, 0.717) is 17.3 Å². The fourth-order valence-corrected chi connectivity index (χ4v) is 2.26. The number of pyridine rings is 1. The predicted octanol–water partition coefficient (Wildman–Crippen LogP) is -0.549. The summed E-state index contributed by atoms with van der Waals surface area (Å²) >= 11 is 6.01. The van der Waals surface area contributed by atoms with Crippen molar-refractivity contribution >= 4 is 28.3 Å². The topological polar surface area (TPSA) is 140 Å². The molecule has 1 aliphatic rings. The van der Waals surface area contributed by atoms with Crippen LogP contribution in [0.5, 0.6) is 0 Å². The molecule has 1 aliphatic carbocycles. The number of hydrogen-bond donors (Lipinski definition) is 1. The third-order valence-electron chi connectivity index (χ3n) is 3.18. The average molecular weight is 345 g/mol. The Kier molecular flexibility index (Phi) is 7.38. The SMILES string of the molecule is N#CC(=NO)c1nc2c(Cl)nccc2n1CC1CC1.O=N[O-].[Na+]. The minimum absolute atomic E-state index is 0. The van der Waals surface area contributed by atoms with Gasteiger partial charge in [0.25, 0.3) is 0 Å². The molecule has 0 atom stereocenters. The van der Waals surface area contributed by atoms with Crippen LogP contribution in [0.3, 0.4) is 0 Å². The summed E-state index contributed by atoms with van der Waals surface area (Å²) in [5, 5.41) is 30.2. The van der Waals surface area contributed by atoms with Gasteiger partial charge in [-0.3, -0.25) is 0 Å². The first-order valence-electron chi connectivity index (χ1n) is 6.24. The second-order valence-electron chi connectivity index (χ2n) is 4.59. The van der Waals surface area contributed by atoms with Crippen LogP contribution >= 0.6 is 11.6 Å². The number of nitrogens with zero attached hydrogens (tertiary/aromatic N) is 6. The van der Waals surface area contributed by atoms with Gasteiger partial charge < -0.3 is 19.9 Å². The van der Waals surface area contributed by atoms with Crippen LogP contribution in [0.15, 0.2) is 22.8 Å². The van der Waals surface area contributed by atoms with Crippen LogP contribution in [0, 0.1) is 27.4 Å². The Balaban J connectivity index is 0.000000615. The van der Waals surface area contributed by atoms with Gasteiger partial charge in [0.1, 0.15) is 11.6 Å². The molecule has 0 spiro atoms. The smallest absolute Gasteiger partial charge is 0.444 e. The fraction of sp³-hybridized carbons (Fsp3) is 0.333. The third-order valence-corrected chi connectivity index (χ3v) is 3.45. The first-order chi connectivity index (χ1) is 10.7. The summed E-state index contributed by atoms with van der Waals surface area (Å²) in [6.45, 7) is 0.743. The molecule has 2 aromatic heterocycles. The first-order valence-corrected chi connectivity index (χ1v) is 6.62. The molecule has 0 saturated heterocycles. The molecule has 0 bridgehead atoms. The molecule has 2 aromatic rings. The third kappa shape index (κ3) is 4.39. The van der Waals surface area contributed by atoms with Gasteiger partial charge in [-0.1, -0.05) is 16.8 Å². The Morgan fingerprint density at radius 3 is 2.78 bits per heavy atom. The first kappa shape index (κ1) is 19.3. The maximum absolute atomic E-state index is 9.01.